The number of ether oxygens (including phenoxy) is 1. The molecule has 0 saturated carbocycles. The molecule has 0 heterocycles. The van der Waals surface area contributed by atoms with Crippen molar-refractivity contribution in [3.8, 4) is 11.1 Å². The molecule has 21 heavy (non-hydrogen) atoms. The Morgan fingerprint density at radius 1 is 1.10 bits per heavy atom. The predicted octanol–water partition coefficient (Wildman–Crippen LogP) is 4.47. The van der Waals surface area contributed by atoms with Crippen LogP contribution in [0.5, 0.6) is 0 Å². The van der Waals surface area contributed by atoms with Gasteiger partial charge in [0.25, 0.3) is 0 Å². The highest BCUT2D eigenvalue weighted by molar-refractivity contribution is 5.98. The average molecular weight is 294 g/mol. The molecule has 0 spiro atoms. The molecule has 0 saturated heterocycles. The summed E-state index contributed by atoms with van der Waals surface area (Å²) in [4.78, 5) is 11.9. The van der Waals surface area contributed by atoms with Gasteiger partial charge in [0.2, 0.25) is 0 Å². The third-order valence-electron chi connectivity index (χ3n) is 3.16. The van der Waals surface area contributed by atoms with E-state index in [0.717, 1.165) is 12.1 Å². The van der Waals surface area contributed by atoms with Gasteiger partial charge in [-0.1, -0.05) is 30.3 Å². The molecule has 0 aliphatic carbocycles. The van der Waals surface area contributed by atoms with E-state index in [2.05, 4.69) is 0 Å². The molecule has 2 rings (SSSR count). The highest BCUT2D eigenvalue weighted by Gasteiger charge is 2.30. The zero-order valence-electron chi connectivity index (χ0n) is 11.5. The van der Waals surface area contributed by atoms with Crippen LogP contribution in [0.4, 0.5) is 13.2 Å². The van der Waals surface area contributed by atoms with Crippen LogP contribution in [-0.2, 0) is 10.9 Å². The van der Waals surface area contributed by atoms with Gasteiger partial charge in [-0.15, -0.1) is 0 Å². The van der Waals surface area contributed by atoms with Crippen molar-refractivity contribution in [3.63, 3.8) is 0 Å². The van der Waals surface area contributed by atoms with Gasteiger partial charge in [0.05, 0.1) is 18.2 Å². The maximum absolute atomic E-state index is 12.8. The average Bonchev–Trinajstić information content (AvgIpc) is 2.45. The third-order valence-corrected chi connectivity index (χ3v) is 3.16. The number of halogens is 3. The zero-order chi connectivity index (χ0) is 15.6. The molecular weight excluding hydrogens is 281 g/mol. The predicted molar refractivity (Wildman–Crippen MR) is 73.0 cm³/mol. The van der Waals surface area contributed by atoms with Crippen molar-refractivity contribution >= 4 is 5.97 Å². The van der Waals surface area contributed by atoms with Gasteiger partial charge >= 0.3 is 12.1 Å². The van der Waals surface area contributed by atoms with Crippen LogP contribution in [0.2, 0.25) is 0 Å². The van der Waals surface area contributed by atoms with Gasteiger partial charge < -0.3 is 4.74 Å². The van der Waals surface area contributed by atoms with Crippen molar-refractivity contribution in [2.75, 3.05) is 7.11 Å². The number of aryl methyl sites for hydroxylation is 1. The van der Waals surface area contributed by atoms with E-state index in [4.69, 9.17) is 4.74 Å². The van der Waals surface area contributed by atoms with E-state index < -0.39 is 17.7 Å². The minimum atomic E-state index is -4.43. The molecule has 2 aromatic carbocycles. The van der Waals surface area contributed by atoms with Crippen LogP contribution in [0.1, 0.15) is 21.5 Å². The quantitative estimate of drug-likeness (QED) is 0.764. The van der Waals surface area contributed by atoms with E-state index in [-0.39, 0.29) is 5.56 Å². The Labute approximate surface area is 120 Å². The van der Waals surface area contributed by atoms with Crippen LogP contribution in [0.3, 0.4) is 0 Å². The molecule has 0 radical (unpaired) electrons. The van der Waals surface area contributed by atoms with Gasteiger partial charge in [-0.05, 0) is 35.7 Å². The molecule has 0 bridgehead atoms. The summed E-state index contributed by atoms with van der Waals surface area (Å²) in [6, 6.07) is 9.89. The van der Waals surface area contributed by atoms with Gasteiger partial charge in [0.15, 0.2) is 0 Å². The minimum absolute atomic E-state index is 0.277. The fourth-order valence-corrected chi connectivity index (χ4v) is 2.14. The summed E-state index contributed by atoms with van der Waals surface area (Å²) in [6.45, 7) is 1.71. The molecule has 5 heteroatoms. The van der Waals surface area contributed by atoms with Crippen LogP contribution in [-0.4, -0.2) is 13.1 Å². The van der Waals surface area contributed by atoms with E-state index in [1.54, 1.807) is 25.1 Å². The smallest absolute Gasteiger partial charge is 0.416 e. The number of alkyl halides is 3. The normalized spacial score (nSPS) is 11.3. The van der Waals surface area contributed by atoms with Crippen LogP contribution in [0, 0.1) is 6.92 Å². The lowest BCUT2D eigenvalue weighted by molar-refractivity contribution is -0.137. The van der Waals surface area contributed by atoms with E-state index in [1.165, 1.54) is 19.2 Å². The maximum Gasteiger partial charge on any atom is 0.416 e. The summed E-state index contributed by atoms with van der Waals surface area (Å²) in [5.74, 6) is -0.569. The van der Waals surface area contributed by atoms with Gasteiger partial charge in [-0.25, -0.2) is 4.79 Å². The van der Waals surface area contributed by atoms with Gasteiger partial charge in [-0.2, -0.15) is 13.2 Å². The monoisotopic (exact) mass is 294 g/mol. The van der Waals surface area contributed by atoms with Crippen LogP contribution in [0.15, 0.2) is 42.5 Å². The van der Waals surface area contributed by atoms with Crippen molar-refractivity contribution < 1.29 is 22.7 Å². The Bertz CT molecular complexity index is 675. The van der Waals surface area contributed by atoms with Crippen molar-refractivity contribution in [1.29, 1.82) is 0 Å². The number of methoxy groups -OCH3 is 1. The summed E-state index contributed by atoms with van der Waals surface area (Å²) >= 11 is 0. The van der Waals surface area contributed by atoms with E-state index in [1.807, 2.05) is 0 Å². The van der Waals surface area contributed by atoms with E-state index >= 15 is 0 Å². The van der Waals surface area contributed by atoms with Gasteiger partial charge in [0, 0.05) is 0 Å². The summed E-state index contributed by atoms with van der Waals surface area (Å²) in [7, 11) is 1.24. The first-order valence-electron chi connectivity index (χ1n) is 6.20. The molecule has 0 atom stereocenters. The highest BCUT2D eigenvalue weighted by Crippen LogP contribution is 2.33. The maximum atomic E-state index is 12.8. The number of hydrogen-bond acceptors (Lipinski definition) is 2. The summed E-state index contributed by atoms with van der Waals surface area (Å²) in [5.41, 5.74) is 0.926. The standard InChI is InChI=1S/C16H13F3O2/c1-10-5-3-8-13(14(10)15(20)21-2)11-6-4-7-12(9-11)16(17,18)19/h3-9H,1-2H3. The number of rotatable bonds is 2. The second-order valence-electron chi connectivity index (χ2n) is 4.57. The molecule has 0 aliphatic heterocycles. The van der Waals surface area contributed by atoms with Crippen molar-refractivity contribution in [3.05, 3.63) is 59.2 Å². The Kier molecular flexibility index (Phi) is 4.02. The van der Waals surface area contributed by atoms with E-state index in [0.29, 0.717) is 16.7 Å². The van der Waals surface area contributed by atoms with Gasteiger partial charge in [-0.3, -0.25) is 0 Å². The number of benzene rings is 2. The molecule has 2 nitrogen and oxygen atoms in total. The minimum Gasteiger partial charge on any atom is -0.465 e. The Morgan fingerprint density at radius 2 is 1.76 bits per heavy atom. The van der Waals surface area contributed by atoms with Crippen LogP contribution < -0.4 is 0 Å². The number of esters is 1. The first-order chi connectivity index (χ1) is 9.84. The largest absolute Gasteiger partial charge is 0.465 e. The van der Waals surface area contributed by atoms with Crippen LogP contribution in [0.25, 0.3) is 11.1 Å². The highest BCUT2D eigenvalue weighted by atomic mass is 19.4. The molecule has 2 aromatic rings. The SMILES string of the molecule is COC(=O)c1c(C)cccc1-c1cccc(C(F)(F)F)c1. The lowest BCUT2D eigenvalue weighted by Gasteiger charge is -2.13. The molecular formula is C16H13F3O2. The Balaban J connectivity index is 2.63. The summed E-state index contributed by atoms with van der Waals surface area (Å²) < 4.78 is 43.1. The van der Waals surface area contributed by atoms with E-state index in [9.17, 15) is 18.0 Å². The Hall–Kier alpha value is -2.30. The van der Waals surface area contributed by atoms with Gasteiger partial charge in [0.1, 0.15) is 0 Å². The Morgan fingerprint density at radius 3 is 2.38 bits per heavy atom. The second-order valence-corrected chi connectivity index (χ2v) is 4.57. The molecule has 0 unspecified atom stereocenters. The molecule has 0 amide bonds. The first kappa shape index (κ1) is 15.1. The third kappa shape index (κ3) is 3.07. The molecule has 0 aliphatic rings. The second kappa shape index (κ2) is 5.60. The first-order valence-corrected chi connectivity index (χ1v) is 6.20. The lowest BCUT2D eigenvalue weighted by Crippen LogP contribution is -2.07. The summed E-state index contributed by atoms with van der Waals surface area (Å²) in [6.07, 6.45) is -4.43. The molecule has 0 aromatic heterocycles. The molecule has 0 fully saturated rings. The fourth-order valence-electron chi connectivity index (χ4n) is 2.14. The number of carbonyl (C=O) groups is 1. The van der Waals surface area contributed by atoms with Crippen LogP contribution >= 0.6 is 0 Å². The summed E-state index contributed by atoms with van der Waals surface area (Å²) in [5, 5.41) is 0. The molecule has 110 valence electrons. The lowest BCUT2D eigenvalue weighted by atomic mass is 9.95. The van der Waals surface area contributed by atoms with Crippen molar-refractivity contribution in [1.82, 2.24) is 0 Å². The number of carbonyl (C=O) groups excluding carboxylic acids is 1. The van der Waals surface area contributed by atoms with Crippen molar-refractivity contribution in [2.45, 2.75) is 13.1 Å². The topological polar surface area (TPSA) is 26.3 Å². The zero-order valence-corrected chi connectivity index (χ0v) is 11.5. The van der Waals surface area contributed by atoms with Crippen molar-refractivity contribution in [2.24, 2.45) is 0 Å². The molecule has 0 N–H and O–H groups in total. The number of hydrogen-bond donors (Lipinski definition) is 0. The fraction of sp³-hybridized carbons (Fsp3) is 0.188.